The number of nitrogens with zero attached hydrogens (tertiary/aromatic N) is 4. The highest BCUT2D eigenvalue weighted by atomic mass is 16.5. The number of carbonyl (C=O) groups excluding carboxylic acids is 1. The van der Waals surface area contributed by atoms with Gasteiger partial charge in [-0.25, -0.2) is 0 Å². The fraction of sp³-hybridized carbons (Fsp3) is 0.550. The third-order valence-corrected chi connectivity index (χ3v) is 5.50. The number of amides is 1. The van der Waals surface area contributed by atoms with Crippen LogP contribution in [0.1, 0.15) is 41.4 Å². The molecule has 7 heteroatoms. The molecule has 2 aromatic heterocycles. The smallest absolute Gasteiger partial charge is 0.252 e. The predicted octanol–water partition coefficient (Wildman–Crippen LogP) is 1.88. The Bertz CT molecular complexity index is 742. The lowest BCUT2D eigenvalue weighted by molar-refractivity contribution is 0.0443. The van der Waals surface area contributed by atoms with E-state index in [1.807, 2.05) is 6.20 Å². The summed E-state index contributed by atoms with van der Waals surface area (Å²) in [4.78, 5) is 18.8. The number of nitrogens with one attached hydrogen (secondary N) is 1. The number of hydrogen-bond donors (Lipinski definition) is 1. The average molecular weight is 369 g/mol. The molecule has 2 aromatic rings. The topological polar surface area (TPSA) is 72.3 Å². The van der Waals surface area contributed by atoms with Crippen molar-refractivity contribution in [1.29, 1.82) is 0 Å². The minimum atomic E-state index is -0.0707. The summed E-state index contributed by atoms with van der Waals surface area (Å²) in [6.07, 6.45) is 8.32. The highest BCUT2D eigenvalue weighted by Gasteiger charge is 2.27. The summed E-state index contributed by atoms with van der Waals surface area (Å²) in [6, 6.07) is 5.96. The van der Waals surface area contributed by atoms with E-state index in [9.17, 15) is 4.79 Å². The molecule has 2 aliphatic heterocycles. The summed E-state index contributed by atoms with van der Waals surface area (Å²) in [5.41, 5.74) is 1.86. The number of fused-ring (bicyclic) bond motifs is 1. The van der Waals surface area contributed by atoms with Crippen molar-refractivity contribution in [3.63, 3.8) is 0 Å². The summed E-state index contributed by atoms with van der Waals surface area (Å²) >= 11 is 0. The molecule has 1 atom stereocenters. The third-order valence-electron chi connectivity index (χ3n) is 5.50. The third kappa shape index (κ3) is 4.54. The lowest BCUT2D eigenvalue weighted by atomic mass is 9.98. The van der Waals surface area contributed by atoms with E-state index in [0.29, 0.717) is 12.1 Å². The molecule has 144 valence electrons. The average Bonchev–Trinajstić information content (AvgIpc) is 3.18. The molecule has 0 spiro atoms. The first-order chi connectivity index (χ1) is 13.3. The normalized spacial score (nSPS) is 21.0. The highest BCUT2D eigenvalue weighted by molar-refractivity contribution is 5.93. The second-order valence-electron chi connectivity index (χ2n) is 7.46. The molecule has 0 aromatic carbocycles. The van der Waals surface area contributed by atoms with Crippen LogP contribution in [0.4, 0.5) is 0 Å². The Hall–Kier alpha value is -2.25. The fourth-order valence-electron chi connectivity index (χ4n) is 4.06. The van der Waals surface area contributed by atoms with Crippen LogP contribution in [0, 0.1) is 5.92 Å². The molecule has 1 saturated heterocycles. The number of pyridine rings is 1. The molecule has 1 fully saturated rings. The van der Waals surface area contributed by atoms with Crippen molar-refractivity contribution >= 4 is 5.91 Å². The van der Waals surface area contributed by atoms with E-state index in [0.717, 1.165) is 58.0 Å². The maximum absolute atomic E-state index is 12.2. The lowest BCUT2D eigenvalue weighted by Crippen LogP contribution is -2.42. The van der Waals surface area contributed by atoms with Crippen LogP contribution in [0.3, 0.4) is 0 Å². The van der Waals surface area contributed by atoms with Crippen molar-refractivity contribution in [2.75, 3.05) is 32.8 Å². The molecule has 0 radical (unpaired) electrons. The lowest BCUT2D eigenvalue weighted by Gasteiger charge is -2.36. The zero-order valence-electron chi connectivity index (χ0n) is 15.6. The first-order valence-corrected chi connectivity index (χ1v) is 9.80. The van der Waals surface area contributed by atoms with Gasteiger partial charge in [0.15, 0.2) is 0 Å². The van der Waals surface area contributed by atoms with Gasteiger partial charge in [0, 0.05) is 58.0 Å². The van der Waals surface area contributed by atoms with Gasteiger partial charge < -0.3 is 10.1 Å². The molecule has 4 rings (SSSR count). The minimum absolute atomic E-state index is 0.0707. The van der Waals surface area contributed by atoms with Crippen LogP contribution >= 0.6 is 0 Å². The van der Waals surface area contributed by atoms with E-state index in [-0.39, 0.29) is 11.9 Å². The van der Waals surface area contributed by atoms with Crippen molar-refractivity contribution in [3.8, 4) is 0 Å². The SMILES string of the molecule is O=C(NCC[C@H]1CN(CC2CCOCC2)Cc2ccnn21)c1cccnc1. The molecule has 1 N–H and O–H groups in total. The first kappa shape index (κ1) is 18.1. The second kappa shape index (κ2) is 8.63. The van der Waals surface area contributed by atoms with E-state index < -0.39 is 0 Å². The monoisotopic (exact) mass is 369 g/mol. The Labute approximate surface area is 159 Å². The van der Waals surface area contributed by atoms with E-state index in [2.05, 4.69) is 31.0 Å². The van der Waals surface area contributed by atoms with Crippen molar-refractivity contribution in [2.45, 2.75) is 31.8 Å². The number of aromatic nitrogens is 3. The standard InChI is InChI=1S/C20H27N5O2/c26-20(17-2-1-7-21-12-17)22-8-3-18-14-24(13-16-5-10-27-11-6-16)15-19-4-9-23-25(18)19/h1-2,4,7,9,12,16,18H,3,5-6,8,10-11,13-15H2,(H,22,26)/t18-/m0/s1. The molecule has 1 amide bonds. The molecule has 0 unspecified atom stereocenters. The Morgan fingerprint density at radius 3 is 2.96 bits per heavy atom. The van der Waals surface area contributed by atoms with E-state index in [1.54, 1.807) is 24.5 Å². The quantitative estimate of drug-likeness (QED) is 0.842. The van der Waals surface area contributed by atoms with Gasteiger partial charge in [-0.3, -0.25) is 19.4 Å². The summed E-state index contributed by atoms with van der Waals surface area (Å²) in [6.45, 7) is 5.46. The zero-order chi connectivity index (χ0) is 18.5. The van der Waals surface area contributed by atoms with Gasteiger partial charge in [0.1, 0.15) is 0 Å². The van der Waals surface area contributed by atoms with Crippen LogP contribution in [0.2, 0.25) is 0 Å². The summed E-state index contributed by atoms with van der Waals surface area (Å²) in [7, 11) is 0. The molecule has 0 aliphatic carbocycles. The maximum atomic E-state index is 12.2. The molecular weight excluding hydrogens is 342 g/mol. The van der Waals surface area contributed by atoms with Crippen molar-refractivity contribution in [1.82, 2.24) is 25.0 Å². The van der Waals surface area contributed by atoms with Crippen LogP contribution < -0.4 is 5.32 Å². The Morgan fingerprint density at radius 2 is 2.15 bits per heavy atom. The first-order valence-electron chi connectivity index (χ1n) is 9.80. The van der Waals surface area contributed by atoms with Crippen LogP contribution in [0.15, 0.2) is 36.8 Å². The number of rotatable bonds is 6. The summed E-state index contributed by atoms with van der Waals surface area (Å²) in [5.74, 6) is 0.651. The van der Waals surface area contributed by atoms with Crippen molar-refractivity contribution in [3.05, 3.63) is 48.0 Å². The largest absolute Gasteiger partial charge is 0.381 e. The molecule has 7 nitrogen and oxygen atoms in total. The Kier molecular flexibility index (Phi) is 5.79. The summed E-state index contributed by atoms with van der Waals surface area (Å²) < 4.78 is 7.62. The van der Waals surface area contributed by atoms with Gasteiger partial charge in [0.25, 0.3) is 5.91 Å². The van der Waals surface area contributed by atoms with Gasteiger partial charge in [-0.1, -0.05) is 0 Å². The van der Waals surface area contributed by atoms with Gasteiger partial charge in [0.2, 0.25) is 0 Å². The molecule has 27 heavy (non-hydrogen) atoms. The van der Waals surface area contributed by atoms with Gasteiger partial charge in [-0.2, -0.15) is 5.10 Å². The Morgan fingerprint density at radius 1 is 1.26 bits per heavy atom. The van der Waals surface area contributed by atoms with E-state index >= 15 is 0 Å². The number of carbonyl (C=O) groups is 1. The van der Waals surface area contributed by atoms with Crippen molar-refractivity contribution < 1.29 is 9.53 Å². The number of ether oxygens (including phenoxy) is 1. The summed E-state index contributed by atoms with van der Waals surface area (Å²) in [5, 5.41) is 7.53. The molecular formula is C20H27N5O2. The van der Waals surface area contributed by atoms with E-state index in [1.165, 1.54) is 5.69 Å². The predicted molar refractivity (Wildman–Crippen MR) is 101 cm³/mol. The maximum Gasteiger partial charge on any atom is 0.252 e. The van der Waals surface area contributed by atoms with Crippen LogP contribution in [-0.4, -0.2) is 58.4 Å². The van der Waals surface area contributed by atoms with Gasteiger partial charge in [-0.05, 0) is 43.4 Å². The van der Waals surface area contributed by atoms with Crippen LogP contribution in [0.5, 0.6) is 0 Å². The molecule has 0 bridgehead atoms. The van der Waals surface area contributed by atoms with Crippen LogP contribution in [0.25, 0.3) is 0 Å². The van der Waals surface area contributed by atoms with Gasteiger partial charge in [-0.15, -0.1) is 0 Å². The van der Waals surface area contributed by atoms with Crippen LogP contribution in [-0.2, 0) is 11.3 Å². The van der Waals surface area contributed by atoms with Gasteiger partial charge >= 0.3 is 0 Å². The van der Waals surface area contributed by atoms with Crippen molar-refractivity contribution in [2.24, 2.45) is 5.92 Å². The fourth-order valence-corrected chi connectivity index (χ4v) is 4.06. The second-order valence-corrected chi connectivity index (χ2v) is 7.46. The molecule has 0 saturated carbocycles. The van der Waals surface area contributed by atoms with E-state index in [4.69, 9.17) is 4.74 Å². The highest BCUT2D eigenvalue weighted by Crippen LogP contribution is 2.25. The van der Waals surface area contributed by atoms with Gasteiger partial charge in [0.05, 0.1) is 17.3 Å². The number of hydrogen-bond acceptors (Lipinski definition) is 5. The molecule has 4 heterocycles. The Balaban J connectivity index is 1.33. The zero-order valence-corrected chi connectivity index (χ0v) is 15.6. The minimum Gasteiger partial charge on any atom is -0.381 e. The molecule has 2 aliphatic rings.